The number of sulfonamides is 1. The standard InChI is InChI=1S/C26H30N4O4S/c1-28-10-12-29(13-11-28)25-9-8-23(35(32,33)30-14-16-34-17-15-30)19-24(25)27-26(31)22-7-6-20-4-2-3-5-21(20)18-22/h2-9,18-19H,10-17H2,1H3,(H,27,31). The summed E-state index contributed by atoms with van der Waals surface area (Å²) in [5.41, 5.74) is 1.85. The van der Waals surface area contributed by atoms with Crippen LogP contribution in [-0.4, -0.2) is 83.1 Å². The maximum absolute atomic E-state index is 13.3. The van der Waals surface area contributed by atoms with Gasteiger partial charge in [-0.1, -0.05) is 30.3 Å². The molecule has 5 rings (SSSR count). The van der Waals surface area contributed by atoms with Crippen LogP contribution in [-0.2, 0) is 14.8 Å². The largest absolute Gasteiger partial charge is 0.379 e. The molecule has 2 aliphatic rings. The minimum atomic E-state index is -3.69. The van der Waals surface area contributed by atoms with E-state index >= 15 is 0 Å². The molecule has 0 aliphatic carbocycles. The highest BCUT2D eigenvalue weighted by molar-refractivity contribution is 7.89. The molecule has 1 amide bonds. The molecule has 0 spiro atoms. The zero-order valence-electron chi connectivity index (χ0n) is 19.8. The third-order valence-corrected chi connectivity index (χ3v) is 8.57. The van der Waals surface area contributed by atoms with E-state index in [1.807, 2.05) is 42.5 Å². The lowest BCUT2D eigenvalue weighted by Crippen LogP contribution is -2.44. The van der Waals surface area contributed by atoms with E-state index in [9.17, 15) is 13.2 Å². The summed E-state index contributed by atoms with van der Waals surface area (Å²) in [6.45, 7) is 4.78. The lowest BCUT2D eigenvalue weighted by atomic mass is 10.1. The van der Waals surface area contributed by atoms with Crippen molar-refractivity contribution in [3.05, 3.63) is 66.2 Å². The maximum Gasteiger partial charge on any atom is 0.255 e. The van der Waals surface area contributed by atoms with Gasteiger partial charge < -0.3 is 19.9 Å². The van der Waals surface area contributed by atoms with Crippen LogP contribution in [0.25, 0.3) is 10.8 Å². The fraction of sp³-hybridized carbons (Fsp3) is 0.346. The number of anilines is 2. The Hall–Kier alpha value is -2.98. The minimum Gasteiger partial charge on any atom is -0.379 e. The van der Waals surface area contributed by atoms with Crippen LogP contribution in [0.2, 0.25) is 0 Å². The highest BCUT2D eigenvalue weighted by atomic mass is 32.2. The lowest BCUT2D eigenvalue weighted by molar-refractivity contribution is 0.0730. The molecule has 2 saturated heterocycles. The number of nitrogens with zero attached hydrogens (tertiary/aromatic N) is 3. The Morgan fingerprint density at radius 1 is 0.857 bits per heavy atom. The van der Waals surface area contributed by atoms with Gasteiger partial charge in [0.2, 0.25) is 10.0 Å². The number of hydrogen-bond acceptors (Lipinski definition) is 6. The monoisotopic (exact) mass is 494 g/mol. The quantitative estimate of drug-likeness (QED) is 0.588. The number of rotatable bonds is 5. The predicted octanol–water partition coefficient (Wildman–Crippen LogP) is 2.86. The average Bonchev–Trinajstić information content (AvgIpc) is 2.89. The topological polar surface area (TPSA) is 82.2 Å². The van der Waals surface area contributed by atoms with Crippen molar-refractivity contribution in [3.63, 3.8) is 0 Å². The number of nitrogens with one attached hydrogen (secondary N) is 1. The van der Waals surface area contributed by atoms with Crippen LogP contribution in [0.15, 0.2) is 65.6 Å². The van der Waals surface area contributed by atoms with E-state index < -0.39 is 10.0 Å². The van der Waals surface area contributed by atoms with Gasteiger partial charge in [-0.05, 0) is 48.2 Å². The van der Waals surface area contributed by atoms with Crippen molar-refractivity contribution >= 4 is 38.1 Å². The summed E-state index contributed by atoms with van der Waals surface area (Å²) in [6, 6.07) is 18.5. The van der Waals surface area contributed by atoms with Gasteiger partial charge in [0.15, 0.2) is 0 Å². The molecule has 0 unspecified atom stereocenters. The lowest BCUT2D eigenvalue weighted by Gasteiger charge is -2.35. The van der Waals surface area contributed by atoms with E-state index in [0.29, 0.717) is 37.6 Å². The Bertz CT molecular complexity index is 1330. The van der Waals surface area contributed by atoms with E-state index in [2.05, 4.69) is 22.2 Å². The van der Waals surface area contributed by atoms with Gasteiger partial charge in [-0.15, -0.1) is 0 Å². The maximum atomic E-state index is 13.3. The van der Waals surface area contributed by atoms with E-state index in [1.54, 1.807) is 18.2 Å². The van der Waals surface area contributed by atoms with E-state index in [0.717, 1.165) is 42.6 Å². The first-order valence-corrected chi connectivity index (χ1v) is 13.3. The molecule has 2 heterocycles. The van der Waals surface area contributed by atoms with Gasteiger partial charge in [0.1, 0.15) is 0 Å². The van der Waals surface area contributed by atoms with E-state index in [4.69, 9.17) is 4.74 Å². The summed E-state index contributed by atoms with van der Waals surface area (Å²) in [6.07, 6.45) is 0. The van der Waals surface area contributed by atoms with Gasteiger partial charge in [-0.2, -0.15) is 4.31 Å². The van der Waals surface area contributed by atoms with E-state index in [-0.39, 0.29) is 10.8 Å². The SMILES string of the molecule is CN1CCN(c2ccc(S(=O)(=O)N3CCOCC3)cc2NC(=O)c2ccc3ccccc3c2)CC1. The second-order valence-corrected chi connectivity index (χ2v) is 10.9. The summed E-state index contributed by atoms with van der Waals surface area (Å²) in [4.78, 5) is 17.9. The van der Waals surface area contributed by atoms with Crippen molar-refractivity contribution in [1.82, 2.24) is 9.21 Å². The molecule has 0 bridgehead atoms. The molecule has 1 N–H and O–H groups in total. The number of hydrogen-bond donors (Lipinski definition) is 1. The highest BCUT2D eigenvalue weighted by Crippen LogP contribution is 2.32. The second kappa shape index (κ2) is 9.94. The smallest absolute Gasteiger partial charge is 0.255 e. The van der Waals surface area contributed by atoms with Crippen LogP contribution >= 0.6 is 0 Å². The molecular formula is C26H30N4O4S. The molecule has 9 heteroatoms. The van der Waals surface area contributed by atoms with Crippen LogP contribution in [0, 0.1) is 0 Å². The van der Waals surface area contributed by atoms with Crippen LogP contribution in [0.1, 0.15) is 10.4 Å². The van der Waals surface area contributed by atoms with Gasteiger partial charge in [-0.25, -0.2) is 8.42 Å². The number of carbonyl (C=O) groups excluding carboxylic acids is 1. The molecule has 0 aromatic heterocycles. The third kappa shape index (κ3) is 5.04. The Morgan fingerprint density at radius 3 is 2.31 bits per heavy atom. The number of likely N-dealkylation sites (N-methyl/N-ethyl adjacent to an activating group) is 1. The third-order valence-electron chi connectivity index (χ3n) is 6.68. The van der Waals surface area contributed by atoms with Gasteiger partial charge in [0, 0.05) is 44.8 Å². The predicted molar refractivity (Wildman–Crippen MR) is 138 cm³/mol. The van der Waals surface area contributed by atoms with Gasteiger partial charge in [0.05, 0.1) is 29.5 Å². The van der Waals surface area contributed by atoms with Crippen molar-refractivity contribution < 1.29 is 17.9 Å². The normalized spacial score (nSPS) is 18.0. The second-order valence-electron chi connectivity index (χ2n) is 9.00. The number of fused-ring (bicyclic) bond motifs is 1. The molecule has 0 radical (unpaired) electrons. The van der Waals surface area contributed by atoms with Crippen molar-refractivity contribution in [1.29, 1.82) is 0 Å². The first-order chi connectivity index (χ1) is 16.9. The first kappa shape index (κ1) is 23.7. The molecule has 3 aromatic carbocycles. The van der Waals surface area contributed by atoms with Crippen molar-refractivity contribution in [2.45, 2.75) is 4.90 Å². The van der Waals surface area contributed by atoms with Crippen LogP contribution < -0.4 is 10.2 Å². The zero-order chi connectivity index (χ0) is 24.4. The van der Waals surface area contributed by atoms with Crippen molar-refractivity contribution in [2.24, 2.45) is 0 Å². The molecular weight excluding hydrogens is 464 g/mol. The molecule has 2 fully saturated rings. The Kier molecular flexibility index (Phi) is 6.75. The molecule has 35 heavy (non-hydrogen) atoms. The molecule has 3 aromatic rings. The van der Waals surface area contributed by atoms with Crippen LogP contribution in [0.3, 0.4) is 0 Å². The highest BCUT2D eigenvalue weighted by Gasteiger charge is 2.28. The fourth-order valence-corrected chi connectivity index (χ4v) is 5.99. The number of piperazine rings is 1. The summed E-state index contributed by atoms with van der Waals surface area (Å²) < 4.78 is 33.4. The van der Waals surface area contributed by atoms with Crippen molar-refractivity contribution in [2.75, 3.05) is 69.7 Å². The summed E-state index contributed by atoms with van der Waals surface area (Å²) in [7, 11) is -1.61. The van der Waals surface area contributed by atoms with E-state index in [1.165, 1.54) is 4.31 Å². The fourth-order valence-electron chi connectivity index (χ4n) is 4.56. The number of morpholine rings is 1. The Morgan fingerprint density at radius 2 is 1.57 bits per heavy atom. The summed E-state index contributed by atoms with van der Waals surface area (Å²) in [5, 5.41) is 5.04. The Labute approximate surface area is 206 Å². The minimum absolute atomic E-state index is 0.172. The zero-order valence-corrected chi connectivity index (χ0v) is 20.6. The molecule has 2 aliphatic heterocycles. The van der Waals surface area contributed by atoms with Crippen LogP contribution in [0.4, 0.5) is 11.4 Å². The number of carbonyl (C=O) groups is 1. The number of amides is 1. The molecule has 8 nitrogen and oxygen atoms in total. The first-order valence-electron chi connectivity index (χ1n) is 11.9. The Balaban J connectivity index is 1.49. The summed E-state index contributed by atoms with van der Waals surface area (Å²) >= 11 is 0. The number of benzene rings is 3. The van der Waals surface area contributed by atoms with Crippen LogP contribution in [0.5, 0.6) is 0 Å². The average molecular weight is 495 g/mol. The van der Waals surface area contributed by atoms with Crippen molar-refractivity contribution in [3.8, 4) is 0 Å². The molecule has 0 atom stereocenters. The number of ether oxygens (including phenoxy) is 1. The summed E-state index contributed by atoms with van der Waals surface area (Å²) in [5.74, 6) is -0.271. The van der Waals surface area contributed by atoms with Gasteiger partial charge in [-0.3, -0.25) is 4.79 Å². The van der Waals surface area contributed by atoms with Gasteiger partial charge >= 0.3 is 0 Å². The van der Waals surface area contributed by atoms with Gasteiger partial charge in [0.25, 0.3) is 5.91 Å². The molecule has 184 valence electrons. The molecule has 0 saturated carbocycles.